The van der Waals surface area contributed by atoms with Crippen molar-refractivity contribution in [3.05, 3.63) is 28.5 Å². The Morgan fingerprint density at radius 3 is 2.61 bits per heavy atom. The lowest BCUT2D eigenvalue weighted by atomic mass is 9.89. The van der Waals surface area contributed by atoms with Gasteiger partial charge in [0.2, 0.25) is 0 Å². The molecule has 1 amide bonds. The number of ether oxygens (including phenoxy) is 2. The molecule has 0 atom stereocenters. The largest absolute Gasteiger partial charge is 0.462 e. The van der Waals surface area contributed by atoms with E-state index in [2.05, 4.69) is 5.32 Å². The average Bonchev–Trinajstić information content (AvgIpc) is 3.36. The Hall–Kier alpha value is -2.19. The van der Waals surface area contributed by atoms with Crippen molar-refractivity contribution in [2.45, 2.75) is 39.0 Å². The first kappa shape index (κ1) is 20.5. The Morgan fingerprint density at radius 1 is 1.14 bits per heavy atom. The number of nitrogens with one attached hydrogen (secondary N) is 1. The van der Waals surface area contributed by atoms with Gasteiger partial charge >= 0.3 is 11.9 Å². The fourth-order valence-electron chi connectivity index (χ4n) is 3.22. The van der Waals surface area contributed by atoms with Crippen molar-refractivity contribution < 1.29 is 23.9 Å². The average molecular weight is 422 g/mol. The van der Waals surface area contributed by atoms with Gasteiger partial charge < -0.3 is 14.8 Å². The highest BCUT2D eigenvalue weighted by atomic mass is 32.1. The van der Waals surface area contributed by atoms with Crippen molar-refractivity contribution in [1.29, 1.82) is 0 Å². The molecule has 2 heterocycles. The zero-order valence-corrected chi connectivity index (χ0v) is 17.3. The van der Waals surface area contributed by atoms with Crippen LogP contribution in [0.5, 0.6) is 0 Å². The SMILES string of the molecule is CCOC(=O)c1c(-c2cccs2)csc1NC(=O)COC(=O)C1CCCCC1. The van der Waals surface area contributed by atoms with Crippen LogP contribution in [-0.2, 0) is 19.1 Å². The first-order valence-corrected chi connectivity index (χ1v) is 11.1. The first-order valence-electron chi connectivity index (χ1n) is 9.39. The Labute approximate surface area is 171 Å². The number of rotatable bonds is 7. The van der Waals surface area contributed by atoms with Gasteiger partial charge in [0.1, 0.15) is 10.6 Å². The molecular weight excluding hydrogens is 398 g/mol. The van der Waals surface area contributed by atoms with E-state index in [4.69, 9.17) is 9.47 Å². The maximum absolute atomic E-state index is 12.4. The molecule has 2 aromatic rings. The number of esters is 2. The van der Waals surface area contributed by atoms with Gasteiger partial charge in [0, 0.05) is 15.8 Å². The summed E-state index contributed by atoms with van der Waals surface area (Å²) >= 11 is 2.76. The van der Waals surface area contributed by atoms with Crippen LogP contribution in [0.25, 0.3) is 10.4 Å². The maximum Gasteiger partial charge on any atom is 0.341 e. The van der Waals surface area contributed by atoms with E-state index in [9.17, 15) is 14.4 Å². The second-order valence-electron chi connectivity index (χ2n) is 6.54. The van der Waals surface area contributed by atoms with Gasteiger partial charge in [-0.05, 0) is 31.2 Å². The van der Waals surface area contributed by atoms with Gasteiger partial charge in [0.05, 0.1) is 12.5 Å². The summed E-state index contributed by atoms with van der Waals surface area (Å²) in [6.07, 6.45) is 4.84. The highest BCUT2D eigenvalue weighted by Crippen LogP contribution is 2.38. The molecule has 28 heavy (non-hydrogen) atoms. The summed E-state index contributed by atoms with van der Waals surface area (Å²) in [4.78, 5) is 37.8. The molecule has 3 rings (SSSR count). The molecule has 0 unspecified atom stereocenters. The molecule has 0 aromatic carbocycles. The van der Waals surface area contributed by atoms with E-state index < -0.39 is 11.9 Å². The number of amides is 1. The molecule has 1 aliphatic rings. The smallest absolute Gasteiger partial charge is 0.341 e. The van der Waals surface area contributed by atoms with Crippen molar-refractivity contribution >= 4 is 45.5 Å². The third-order valence-electron chi connectivity index (χ3n) is 4.59. The van der Waals surface area contributed by atoms with Crippen LogP contribution in [0.1, 0.15) is 49.4 Å². The van der Waals surface area contributed by atoms with Gasteiger partial charge in [-0.2, -0.15) is 0 Å². The fourth-order valence-corrected chi connectivity index (χ4v) is 5.01. The summed E-state index contributed by atoms with van der Waals surface area (Å²) in [5.41, 5.74) is 1.06. The van der Waals surface area contributed by atoms with Gasteiger partial charge in [-0.1, -0.05) is 25.3 Å². The monoisotopic (exact) mass is 421 g/mol. The molecule has 1 N–H and O–H groups in total. The summed E-state index contributed by atoms with van der Waals surface area (Å²) in [6.45, 7) is 1.62. The Balaban J connectivity index is 1.66. The second kappa shape index (κ2) is 9.84. The van der Waals surface area contributed by atoms with E-state index in [-0.39, 0.29) is 25.1 Å². The van der Waals surface area contributed by atoms with Crippen molar-refractivity contribution in [1.82, 2.24) is 0 Å². The topological polar surface area (TPSA) is 81.7 Å². The third-order valence-corrected chi connectivity index (χ3v) is 6.39. The lowest BCUT2D eigenvalue weighted by Crippen LogP contribution is -2.26. The predicted molar refractivity (Wildman–Crippen MR) is 110 cm³/mol. The molecule has 1 aliphatic carbocycles. The fraction of sp³-hybridized carbons (Fsp3) is 0.450. The molecular formula is C20H23NO5S2. The van der Waals surface area contributed by atoms with Crippen LogP contribution in [0.15, 0.2) is 22.9 Å². The van der Waals surface area contributed by atoms with Gasteiger partial charge in [-0.25, -0.2) is 4.79 Å². The van der Waals surface area contributed by atoms with Crippen molar-refractivity contribution in [2.24, 2.45) is 5.92 Å². The molecule has 0 spiro atoms. The molecule has 1 fully saturated rings. The lowest BCUT2D eigenvalue weighted by Gasteiger charge is -2.19. The van der Waals surface area contributed by atoms with Crippen LogP contribution < -0.4 is 5.32 Å². The highest BCUT2D eigenvalue weighted by Gasteiger charge is 2.25. The number of anilines is 1. The molecule has 6 nitrogen and oxygen atoms in total. The van der Waals surface area contributed by atoms with E-state index in [0.717, 1.165) is 42.5 Å². The molecule has 0 radical (unpaired) electrons. The van der Waals surface area contributed by atoms with E-state index in [1.165, 1.54) is 22.7 Å². The van der Waals surface area contributed by atoms with Crippen molar-refractivity contribution in [2.75, 3.05) is 18.5 Å². The molecule has 0 bridgehead atoms. The van der Waals surface area contributed by atoms with Crippen LogP contribution in [-0.4, -0.2) is 31.1 Å². The van der Waals surface area contributed by atoms with E-state index in [1.54, 1.807) is 6.92 Å². The number of thiophene rings is 2. The quantitative estimate of drug-likeness (QED) is 0.655. The Kier molecular flexibility index (Phi) is 7.22. The van der Waals surface area contributed by atoms with Gasteiger partial charge in [0.15, 0.2) is 6.61 Å². The van der Waals surface area contributed by atoms with Gasteiger partial charge in [0.25, 0.3) is 5.91 Å². The lowest BCUT2D eigenvalue weighted by molar-refractivity contribution is -0.152. The maximum atomic E-state index is 12.4. The van der Waals surface area contributed by atoms with E-state index in [0.29, 0.717) is 10.6 Å². The minimum atomic E-state index is -0.485. The second-order valence-corrected chi connectivity index (χ2v) is 8.37. The summed E-state index contributed by atoms with van der Waals surface area (Å²) < 4.78 is 10.3. The van der Waals surface area contributed by atoms with Crippen LogP contribution >= 0.6 is 22.7 Å². The summed E-state index contributed by atoms with van der Waals surface area (Å²) in [7, 11) is 0. The number of hydrogen-bond acceptors (Lipinski definition) is 7. The van der Waals surface area contributed by atoms with Crippen molar-refractivity contribution in [3.63, 3.8) is 0 Å². The molecule has 1 saturated carbocycles. The standard InChI is InChI=1S/C20H23NO5S2/c1-2-25-20(24)17-14(15-9-6-10-27-15)12-28-18(17)21-16(22)11-26-19(23)13-7-4-3-5-8-13/h6,9-10,12-13H,2-5,7-8,11H2,1H3,(H,21,22). The highest BCUT2D eigenvalue weighted by molar-refractivity contribution is 7.17. The Morgan fingerprint density at radius 2 is 1.93 bits per heavy atom. The summed E-state index contributed by atoms with van der Waals surface area (Å²) in [6, 6.07) is 3.81. The van der Waals surface area contributed by atoms with Crippen LogP contribution in [0.2, 0.25) is 0 Å². The van der Waals surface area contributed by atoms with Crippen molar-refractivity contribution in [3.8, 4) is 10.4 Å². The molecule has 0 aliphatic heterocycles. The van der Waals surface area contributed by atoms with E-state index in [1.807, 2.05) is 22.9 Å². The van der Waals surface area contributed by atoms with Gasteiger partial charge in [-0.15, -0.1) is 22.7 Å². The normalized spacial score (nSPS) is 14.5. The Bertz CT molecular complexity index is 822. The number of carbonyl (C=O) groups is 3. The zero-order chi connectivity index (χ0) is 19.9. The minimum absolute atomic E-state index is 0.108. The first-order chi connectivity index (χ1) is 13.6. The van der Waals surface area contributed by atoms with Crippen LogP contribution in [0, 0.1) is 5.92 Å². The molecule has 0 saturated heterocycles. The third kappa shape index (κ3) is 4.99. The molecule has 8 heteroatoms. The zero-order valence-electron chi connectivity index (χ0n) is 15.7. The number of hydrogen-bond donors (Lipinski definition) is 1. The summed E-state index contributed by atoms with van der Waals surface area (Å²) in [5.74, 6) is -1.37. The predicted octanol–water partition coefficient (Wildman–Crippen LogP) is 4.72. The van der Waals surface area contributed by atoms with Crippen LogP contribution in [0.4, 0.5) is 5.00 Å². The minimum Gasteiger partial charge on any atom is -0.462 e. The summed E-state index contributed by atoms with van der Waals surface area (Å²) in [5, 5.41) is 6.84. The van der Waals surface area contributed by atoms with E-state index >= 15 is 0 Å². The molecule has 150 valence electrons. The van der Waals surface area contributed by atoms with Crippen LogP contribution in [0.3, 0.4) is 0 Å². The number of carbonyl (C=O) groups excluding carboxylic acids is 3. The van der Waals surface area contributed by atoms with Gasteiger partial charge in [-0.3, -0.25) is 9.59 Å². The molecule has 2 aromatic heterocycles.